The molecule has 2 aromatic carbocycles. The number of halogens is 1. The van der Waals surface area contributed by atoms with Gasteiger partial charge in [-0.05, 0) is 54.3 Å². The molecule has 1 atom stereocenters. The molecular weight excluding hydrogens is 428 g/mol. The Hall–Kier alpha value is -1.98. The van der Waals surface area contributed by atoms with E-state index >= 15 is 0 Å². The van der Waals surface area contributed by atoms with Crippen LogP contribution in [0.5, 0.6) is 0 Å². The molecule has 0 spiro atoms. The predicted octanol–water partition coefficient (Wildman–Crippen LogP) is 5.79. The lowest BCUT2D eigenvalue weighted by Gasteiger charge is -2.31. The standard InChI is InChI=1S/C25H33ClN2O2S/c1-4-23(25(30)27-17-19(2)3)28(18-20-9-6-5-7-10-20)24(29)11-8-16-31-22-14-12-21(26)13-15-22/h5-7,9-10,12-15,19,23H,4,8,11,16-18H2,1-3H3,(H,27,30)/t23-/m1/s1. The number of rotatable bonds is 12. The van der Waals surface area contributed by atoms with Crippen LogP contribution in [0.4, 0.5) is 0 Å². The Morgan fingerprint density at radius 1 is 1.06 bits per heavy atom. The van der Waals surface area contributed by atoms with E-state index < -0.39 is 6.04 Å². The lowest BCUT2D eigenvalue weighted by molar-refractivity contribution is -0.141. The number of carbonyl (C=O) groups is 2. The number of thioether (sulfide) groups is 1. The van der Waals surface area contributed by atoms with Gasteiger partial charge in [0.1, 0.15) is 6.04 Å². The normalized spacial score (nSPS) is 11.9. The van der Waals surface area contributed by atoms with Gasteiger partial charge in [-0.2, -0.15) is 0 Å². The van der Waals surface area contributed by atoms with Crippen LogP contribution in [0, 0.1) is 5.92 Å². The molecule has 0 aliphatic heterocycles. The van der Waals surface area contributed by atoms with Crippen LogP contribution in [0.1, 0.15) is 45.6 Å². The first-order valence-electron chi connectivity index (χ1n) is 10.9. The van der Waals surface area contributed by atoms with E-state index in [-0.39, 0.29) is 11.8 Å². The minimum atomic E-state index is -0.463. The molecule has 168 valence electrons. The highest BCUT2D eigenvalue weighted by molar-refractivity contribution is 7.99. The molecule has 0 heterocycles. The summed E-state index contributed by atoms with van der Waals surface area (Å²) in [7, 11) is 0. The van der Waals surface area contributed by atoms with Crippen LogP contribution >= 0.6 is 23.4 Å². The Morgan fingerprint density at radius 2 is 1.74 bits per heavy atom. The van der Waals surface area contributed by atoms with Crippen LogP contribution in [-0.4, -0.2) is 35.1 Å². The molecule has 0 saturated carbocycles. The Balaban J connectivity index is 2.00. The van der Waals surface area contributed by atoms with Crippen molar-refractivity contribution in [3.05, 3.63) is 65.2 Å². The fourth-order valence-corrected chi connectivity index (χ4v) is 4.19. The van der Waals surface area contributed by atoms with Crippen molar-refractivity contribution >= 4 is 35.2 Å². The lowest BCUT2D eigenvalue weighted by Crippen LogP contribution is -2.49. The van der Waals surface area contributed by atoms with Crippen LogP contribution < -0.4 is 5.32 Å². The monoisotopic (exact) mass is 460 g/mol. The van der Waals surface area contributed by atoms with Crippen molar-refractivity contribution in [2.24, 2.45) is 5.92 Å². The Bertz CT molecular complexity index is 812. The molecule has 0 aliphatic rings. The highest BCUT2D eigenvalue weighted by atomic mass is 35.5. The molecule has 0 aromatic heterocycles. The van der Waals surface area contributed by atoms with E-state index in [4.69, 9.17) is 11.6 Å². The van der Waals surface area contributed by atoms with Gasteiger partial charge in [0.25, 0.3) is 0 Å². The Morgan fingerprint density at radius 3 is 2.35 bits per heavy atom. The van der Waals surface area contributed by atoms with Gasteiger partial charge in [-0.1, -0.05) is 62.7 Å². The molecule has 31 heavy (non-hydrogen) atoms. The molecule has 2 rings (SSSR count). The van der Waals surface area contributed by atoms with Gasteiger partial charge in [0.15, 0.2) is 0 Å². The molecule has 0 saturated heterocycles. The molecule has 2 amide bonds. The second kappa shape index (κ2) is 13.4. The van der Waals surface area contributed by atoms with Gasteiger partial charge in [0, 0.05) is 29.4 Å². The molecule has 0 unspecified atom stereocenters. The number of hydrogen-bond donors (Lipinski definition) is 1. The topological polar surface area (TPSA) is 49.4 Å². The molecule has 1 N–H and O–H groups in total. The molecule has 0 fully saturated rings. The zero-order valence-electron chi connectivity index (χ0n) is 18.6. The average molecular weight is 461 g/mol. The van der Waals surface area contributed by atoms with E-state index in [0.717, 1.165) is 27.7 Å². The smallest absolute Gasteiger partial charge is 0.242 e. The summed E-state index contributed by atoms with van der Waals surface area (Å²) in [5.74, 6) is 1.15. The van der Waals surface area contributed by atoms with E-state index in [1.807, 2.05) is 61.5 Å². The number of carbonyl (C=O) groups excluding carboxylic acids is 2. The first kappa shape index (κ1) is 25.3. The van der Waals surface area contributed by atoms with Crippen molar-refractivity contribution in [2.45, 2.75) is 57.5 Å². The molecular formula is C25H33ClN2O2S. The molecule has 0 aliphatic carbocycles. The first-order chi connectivity index (χ1) is 14.9. The van der Waals surface area contributed by atoms with Crippen LogP contribution in [-0.2, 0) is 16.1 Å². The SMILES string of the molecule is CC[C@H](C(=O)NCC(C)C)N(Cc1ccccc1)C(=O)CCCSc1ccc(Cl)cc1. The maximum atomic E-state index is 13.2. The van der Waals surface area contributed by atoms with Crippen LogP contribution in [0.15, 0.2) is 59.5 Å². The summed E-state index contributed by atoms with van der Waals surface area (Å²) in [6.45, 7) is 7.14. The van der Waals surface area contributed by atoms with Gasteiger partial charge in [0.05, 0.1) is 0 Å². The molecule has 4 nitrogen and oxygen atoms in total. The fraction of sp³-hybridized carbons (Fsp3) is 0.440. The maximum absolute atomic E-state index is 13.2. The summed E-state index contributed by atoms with van der Waals surface area (Å²) < 4.78 is 0. The number of benzene rings is 2. The average Bonchev–Trinajstić information content (AvgIpc) is 2.77. The second-order valence-electron chi connectivity index (χ2n) is 7.98. The summed E-state index contributed by atoms with van der Waals surface area (Å²) in [4.78, 5) is 28.9. The van der Waals surface area contributed by atoms with Gasteiger partial charge in [-0.15, -0.1) is 11.8 Å². The van der Waals surface area contributed by atoms with Crippen LogP contribution in [0.25, 0.3) is 0 Å². The quantitative estimate of drug-likeness (QED) is 0.322. The van der Waals surface area contributed by atoms with Gasteiger partial charge in [-0.3, -0.25) is 9.59 Å². The summed E-state index contributed by atoms with van der Waals surface area (Å²) in [6.07, 6.45) is 1.75. The number of hydrogen-bond acceptors (Lipinski definition) is 3. The van der Waals surface area contributed by atoms with E-state index in [0.29, 0.717) is 31.8 Å². The number of nitrogens with zero attached hydrogens (tertiary/aromatic N) is 1. The van der Waals surface area contributed by atoms with Crippen molar-refractivity contribution in [3.63, 3.8) is 0 Å². The summed E-state index contributed by atoms with van der Waals surface area (Å²) >= 11 is 7.64. The molecule has 6 heteroatoms. The minimum Gasteiger partial charge on any atom is -0.354 e. The molecule has 0 bridgehead atoms. The first-order valence-corrected chi connectivity index (χ1v) is 12.3. The van der Waals surface area contributed by atoms with Crippen LogP contribution in [0.3, 0.4) is 0 Å². The summed E-state index contributed by atoms with van der Waals surface area (Å²) in [5.41, 5.74) is 1.03. The predicted molar refractivity (Wildman–Crippen MR) is 130 cm³/mol. The van der Waals surface area contributed by atoms with E-state index in [1.54, 1.807) is 16.7 Å². The third-order valence-corrected chi connectivity index (χ3v) is 6.23. The van der Waals surface area contributed by atoms with E-state index in [9.17, 15) is 9.59 Å². The fourth-order valence-electron chi connectivity index (χ4n) is 3.21. The van der Waals surface area contributed by atoms with Crippen molar-refractivity contribution in [1.29, 1.82) is 0 Å². The van der Waals surface area contributed by atoms with Gasteiger partial charge in [0.2, 0.25) is 11.8 Å². The minimum absolute atomic E-state index is 0.0205. The zero-order valence-corrected chi connectivity index (χ0v) is 20.2. The summed E-state index contributed by atoms with van der Waals surface area (Å²) in [6, 6.07) is 17.1. The van der Waals surface area contributed by atoms with Gasteiger partial charge >= 0.3 is 0 Å². The van der Waals surface area contributed by atoms with Crippen molar-refractivity contribution in [2.75, 3.05) is 12.3 Å². The lowest BCUT2D eigenvalue weighted by atomic mass is 10.1. The number of amides is 2. The Labute approximate surface area is 195 Å². The maximum Gasteiger partial charge on any atom is 0.242 e. The third-order valence-electron chi connectivity index (χ3n) is 4.88. The van der Waals surface area contributed by atoms with Crippen LogP contribution in [0.2, 0.25) is 5.02 Å². The van der Waals surface area contributed by atoms with Gasteiger partial charge < -0.3 is 10.2 Å². The van der Waals surface area contributed by atoms with Gasteiger partial charge in [-0.25, -0.2) is 0 Å². The molecule has 0 radical (unpaired) electrons. The zero-order chi connectivity index (χ0) is 22.6. The largest absolute Gasteiger partial charge is 0.354 e. The van der Waals surface area contributed by atoms with E-state index in [1.165, 1.54) is 0 Å². The van der Waals surface area contributed by atoms with E-state index in [2.05, 4.69) is 19.2 Å². The van der Waals surface area contributed by atoms with Crippen molar-refractivity contribution < 1.29 is 9.59 Å². The third kappa shape index (κ3) is 8.96. The van der Waals surface area contributed by atoms with Crippen molar-refractivity contribution in [1.82, 2.24) is 10.2 Å². The second-order valence-corrected chi connectivity index (χ2v) is 9.58. The summed E-state index contributed by atoms with van der Waals surface area (Å²) in [5, 5.41) is 3.72. The highest BCUT2D eigenvalue weighted by Gasteiger charge is 2.28. The van der Waals surface area contributed by atoms with Crippen molar-refractivity contribution in [3.8, 4) is 0 Å². The number of nitrogens with one attached hydrogen (secondary N) is 1. The Kier molecular flexibility index (Phi) is 11.0. The molecule has 2 aromatic rings. The highest BCUT2D eigenvalue weighted by Crippen LogP contribution is 2.22.